The first kappa shape index (κ1) is 21.9. The lowest BCUT2D eigenvalue weighted by atomic mass is 10.0. The molecule has 1 N–H and O–H groups in total. The normalized spacial score (nSPS) is 15.1. The number of methoxy groups -OCH3 is 1. The molecule has 1 aliphatic heterocycles. The second-order valence-electron chi connectivity index (χ2n) is 7.38. The van der Waals surface area contributed by atoms with Crippen molar-refractivity contribution < 1.29 is 19.0 Å². The average Bonchev–Trinajstić information content (AvgIpc) is 3.29. The Hall–Kier alpha value is -2.92. The van der Waals surface area contributed by atoms with Crippen LogP contribution in [0.15, 0.2) is 36.7 Å². The quantitative estimate of drug-likeness (QED) is 0.453. The molecule has 1 aromatic carbocycles. The summed E-state index contributed by atoms with van der Waals surface area (Å²) in [4.78, 5) is 11.0. The van der Waals surface area contributed by atoms with Crippen molar-refractivity contribution in [3.05, 3.63) is 58.8 Å². The van der Waals surface area contributed by atoms with E-state index < -0.39 is 11.9 Å². The van der Waals surface area contributed by atoms with E-state index in [0.717, 1.165) is 28.3 Å². The highest BCUT2D eigenvalue weighted by molar-refractivity contribution is 7.23. The van der Waals surface area contributed by atoms with E-state index >= 15 is 4.39 Å². The number of benzene rings is 1. The van der Waals surface area contributed by atoms with E-state index in [0.29, 0.717) is 30.4 Å². The Kier molecular flexibility index (Phi) is 6.07. The lowest BCUT2D eigenvalue weighted by Gasteiger charge is -2.27. The van der Waals surface area contributed by atoms with Gasteiger partial charge in [-0.25, -0.2) is 14.4 Å². The summed E-state index contributed by atoms with van der Waals surface area (Å²) < 4.78 is 26.3. The van der Waals surface area contributed by atoms with Crippen LogP contribution in [0.3, 0.4) is 0 Å². The van der Waals surface area contributed by atoms with E-state index in [1.54, 1.807) is 12.1 Å². The molecule has 0 spiro atoms. The summed E-state index contributed by atoms with van der Waals surface area (Å²) in [7, 11) is 1.47. The smallest absolute Gasteiger partial charge is 0.233 e. The highest BCUT2D eigenvalue weighted by atomic mass is 35.5. The number of nitrogens with zero attached hydrogens (tertiary/aromatic N) is 5. The van der Waals surface area contributed by atoms with Crippen molar-refractivity contribution in [3.63, 3.8) is 0 Å². The van der Waals surface area contributed by atoms with Gasteiger partial charge in [0.2, 0.25) is 5.88 Å². The maximum Gasteiger partial charge on any atom is 0.233 e. The summed E-state index contributed by atoms with van der Waals surface area (Å²) in [6.07, 6.45) is 0.201. The minimum atomic E-state index is -1.21. The molecule has 0 radical (unpaired) electrons. The number of morpholine rings is 1. The van der Waals surface area contributed by atoms with E-state index in [1.807, 2.05) is 6.07 Å². The molecule has 0 bridgehead atoms. The molecule has 1 atom stereocenters. The number of ether oxygens (including phenoxy) is 2. The fraction of sp³-hybridized carbons (Fsp3) is 0.273. The van der Waals surface area contributed by atoms with Gasteiger partial charge in [-0.1, -0.05) is 11.6 Å². The van der Waals surface area contributed by atoms with Gasteiger partial charge >= 0.3 is 0 Å². The summed E-state index contributed by atoms with van der Waals surface area (Å²) >= 11 is 7.79. The Morgan fingerprint density at radius 3 is 2.73 bits per heavy atom. The van der Waals surface area contributed by atoms with Gasteiger partial charge in [0.15, 0.2) is 0 Å². The first-order valence-electron chi connectivity index (χ1n) is 10.2. The molecule has 1 saturated heterocycles. The average molecular weight is 488 g/mol. The Labute approximate surface area is 197 Å². The number of anilines is 1. The maximum absolute atomic E-state index is 15.1. The van der Waals surface area contributed by atoms with Gasteiger partial charge in [-0.2, -0.15) is 0 Å². The second-order valence-corrected chi connectivity index (χ2v) is 8.82. The number of rotatable bonds is 5. The highest BCUT2D eigenvalue weighted by Crippen LogP contribution is 2.40. The van der Waals surface area contributed by atoms with Gasteiger partial charge in [0.1, 0.15) is 18.2 Å². The van der Waals surface area contributed by atoms with Crippen LogP contribution in [0.5, 0.6) is 5.88 Å². The van der Waals surface area contributed by atoms with Crippen molar-refractivity contribution in [1.82, 2.24) is 20.2 Å². The number of thiophene rings is 1. The number of hydrogen-bond acceptors (Lipinski definition) is 9. The molecule has 11 heteroatoms. The molecule has 170 valence electrons. The Morgan fingerprint density at radius 1 is 1.18 bits per heavy atom. The zero-order valence-electron chi connectivity index (χ0n) is 17.5. The Bertz CT molecular complexity index is 1300. The summed E-state index contributed by atoms with van der Waals surface area (Å²) in [6.45, 7) is 2.89. The van der Waals surface area contributed by atoms with Crippen molar-refractivity contribution >= 4 is 38.2 Å². The van der Waals surface area contributed by atoms with Crippen LogP contribution in [0.25, 0.3) is 21.5 Å². The van der Waals surface area contributed by atoms with Crippen molar-refractivity contribution in [1.29, 1.82) is 0 Å². The van der Waals surface area contributed by atoms with E-state index in [9.17, 15) is 5.11 Å². The molecule has 33 heavy (non-hydrogen) atoms. The molecule has 1 fully saturated rings. The number of aliphatic hydroxyl groups is 1. The molecule has 0 amide bonds. The fourth-order valence-electron chi connectivity index (χ4n) is 3.67. The van der Waals surface area contributed by atoms with Crippen LogP contribution < -0.4 is 9.64 Å². The molecular formula is C22H19ClFN5O3S. The lowest BCUT2D eigenvalue weighted by Crippen LogP contribution is -2.35. The van der Waals surface area contributed by atoms with Gasteiger partial charge in [-0.15, -0.1) is 21.5 Å². The number of fused-ring (bicyclic) bond motifs is 1. The van der Waals surface area contributed by atoms with Crippen LogP contribution in [0.4, 0.5) is 9.39 Å². The van der Waals surface area contributed by atoms with Gasteiger partial charge in [-0.05, 0) is 24.3 Å². The predicted molar refractivity (Wildman–Crippen MR) is 123 cm³/mol. The third kappa shape index (κ3) is 4.22. The zero-order chi connectivity index (χ0) is 22.9. The topological polar surface area (TPSA) is 93.5 Å². The highest BCUT2D eigenvalue weighted by Gasteiger charge is 2.23. The minimum absolute atomic E-state index is 0.0758. The molecule has 8 nitrogen and oxygen atoms in total. The van der Waals surface area contributed by atoms with Crippen LogP contribution in [0, 0.1) is 5.82 Å². The molecule has 1 aliphatic rings. The van der Waals surface area contributed by atoms with Crippen LogP contribution in [-0.4, -0.2) is 58.7 Å². The second kappa shape index (κ2) is 9.14. The third-order valence-corrected chi connectivity index (χ3v) is 6.93. The van der Waals surface area contributed by atoms with E-state index in [2.05, 4.69) is 25.1 Å². The standard InChI is InChI=1S/C22H19ClFN5O3S/c1-31-18-3-2-16(27-28-18)21(30)12-8-13(15(24)9-14(12)23)20-22-17(25-11-26-20)10-19(33-22)29-4-6-32-7-5-29/h2-3,8-11,21,30H,4-7H2,1H3/t21-/m0/s1. The summed E-state index contributed by atoms with van der Waals surface area (Å²) in [5.41, 5.74) is 1.94. The van der Waals surface area contributed by atoms with Crippen LogP contribution >= 0.6 is 22.9 Å². The first-order valence-corrected chi connectivity index (χ1v) is 11.4. The van der Waals surface area contributed by atoms with Gasteiger partial charge in [-0.3, -0.25) is 0 Å². The lowest BCUT2D eigenvalue weighted by molar-refractivity contribution is 0.123. The van der Waals surface area contributed by atoms with Crippen molar-refractivity contribution in [2.45, 2.75) is 6.10 Å². The largest absolute Gasteiger partial charge is 0.480 e. The minimum Gasteiger partial charge on any atom is -0.480 e. The molecule has 3 aromatic heterocycles. The summed E-state index contributed by atoms with van der Waals surface area (Å²) in [5, 5.41) is 19.8. The Balaban J connectivity index is 1.57. The number of halogens is 2. The Morgan fingerprint density at radius 2 is 2.00 bits per heavy atom. The van der Waals surface area contributed by atoms with Crippen LogP contribution in [0.2, 0.25) is 5.02 Å². The van der Waals surface area contributed by atoms with Crippen molar-refractivity contribution in [2.24, 2.45) is 0 Å². The maximum atomic E-state index is 15.1. The summed E-state index contributed by atoms with van der Waals surface area (Å²) in [5.74, 6) is -0.230. The van der Waals surface area contributed by atoms with Gasteiger partial charge in [0.25, 0.3) is 0 Å². The zero-order valence-corrected chi connectivity index (χ0v) is 19.1. The van der Waals surface area contributed by atoms with Crippen LogP contribution in [0.1, 0.15) is 17.4 Å². The monoisotopic (exact) mass is 487 g/mol. The molecule has 4 heterocycles. The molecule has 0 saturated carbocycles. The molecular weight excluding hydrogens is 469 g/mol. The van der Waals surface area contributed by atoms with E-state index in [-0.39, 0.29) is 16.3 Å². The first-order chi connectivity index (χ1) is 16.0. The molecule has 4 aromatic rings. The fourth-order valence-corrected chi connectivity index (χ4v) is 5.09. The van der Waals surface area contributed by atoms with E-state index in [1.165, 1.54) is 36.9 Å². The number of hydrogen-bond donors (Lipinski definition) is 1. The van der Waals surface area contributed by atoms with Crippen LogP contribution in [-0.2, 0) is 4.74 Å². The predicted octanol–water partition coefficient (Wildman–Crippen LogP) is 3.87. The third-order valence-electron chi connectivity index (χ3n) is 5.41. The summed E-state index contributed by atoms with van der Waals surface area (Å²) in [6, 6.07) is 7.82. The number of aliphatic hydroxyl groups excluding tert-OH is 1. The van der Waals surface area contributed by atoms with E-state index in [4.69, 9.17) is 21.1 Å². The van der Waals surface area contributed by atoms with Crippen molar-refractivity contribution in [2.75, 3.05) is 38.3 Å². The van der Waals surface area contributed by atoms with Gasteiger partial charge in [0.05, 0.1) is 46.9 Å². The molecule has 0 aliphatic carbocycles. The number of aromatic nitrogens is 4. The van der Waals surface area contributed by atoms with Gasteiger partial charge in [0, 0.05) is 35.3 Å². The molecule has 5 rings (SSSR count). The van der Waals surface area contributed by atoms with Crippen molar-refractivity contribution in [3.8, 4) is 17.1 Å². The molecule has 0 unspecified atom stereocenters. The van der Waals surface area contributed by atoms with Gasteiger partial charge < -0.3 is 19.5 Å². The SMILES string of the molecule is COc1ccc([C@@H](O)c2cc(-c3ncnc4cc(N5CCOCC5)sc34)c(F)cc2Cl)nn1.